The topological polar surface area (TPSA) is 135 Å². The molecular weight excluding hydrogens is 428 g/mol. The summed E-state index contributed by atoms with van der Waals surface area (Å²) >= 11 is 0. The van der Waals surface area contributed by atoms with Gasteiger partial charge in [-0.05, 0) is 48.2 Å². The van der Waals surface area contributed by atoms with E-state index in [4.69, 9.17) is 9.47 Å². The zero-order chi connectivity index (χ0) is 24.9. The van der Waals surface area contributed by atoms with Gasteiger partial charge in [0, 0.05) is 13.1 Å². The number of rotatable bonds is 12. The Kier molecular flexibility index (Phi) is 11.4. The van der Waals surface area contributed by atoms with Crippen LogP contribution in [0.5, 0.6) is 0 Å². The lowest BCUT2D eigenvalue weighted by atomic mass is 9.60. The first-order valence-electron chi connectivity index (χ1n) is 11.1. The molecular formula is C23H38N4O6. The molecule has 1 aliphatic rings. The number of carbonyl (C=O) groups is 4. The second-order valence-corrected chi connectivity index (χ2v) is 9.42. The smallest absolute Gasteiger partial charge is 0.407 e. The van der Waals surface area contributed by atoms with Gasteiger partial charge in [0.2, 0.25) is 11.8 Å². The van der Waals surface area contributed by atoms with Gasteiger partial charge in [0.05, 0.1) is 13.1 Å². The Morgan fingerprint density at radius 3 is 1.88 bits per heavy atom. The van der Waals surface area contributed by atoms with Crippen LogP contribution in [0.15, 0.2) is 25.3 Å². The first kappa shape index (κ1) is 28.0. The van der Waals surface area contributed by atoms with Crippen molar-refractivity contribution in [2.75, 3.05) is 39.4 Å². The zero-order valence-corrected chi connectivity index (χ0v) is 20.0. The van der Waals surface area contributed by atoms with Gasteiger partial charge in [-0.3, -0.25) is 9.59 Å². The maximum Gasteiger partial charge on any atom is 0.407 e. The van der Waals surface area contributed by atoms with Crippen LogP contribution in [0.1, 0.15) is 40.0 Å². The third-order valence-electron chi connectivity index (χ3n) is 5.36. The number of carbonyl (C=O) groups excluding carboxylic acids is 4. The summed E-state index contributed by atoms with van der Waals surface area (Å²) in [5.41, 5.74) is -0.123. The average molecular weight is 467 g/mol. The first-order chi connectivity index (χ1) is 15.5. The maximum absolute atomic E-state index is 12.0. The van der Waals surface area contributed by atoms with Crippen molar-refractivity contribution in [2.45, 2.75) is 40.0 Å². The van der Waals surface area contributed by atoms with Crippen molar-refractivity contribution in [1.29, 1.82) is 0 Å². The van der Waals surface area contributed by atoms with Crippen LogP contribution in [0.3, 0.4) is 0 Å². The summed E-state index contributed by atoms with van der Waals surface area (Å²) in [5.74, 6) is -0.419. The zero-order valence-electron chi connectivity index (χ0n) is 20.0. The van der Waals surface area contributed by atoms with E-state index in [9.17, 15) is 19.2 Å². The van der Waals surface area contributed by atoms with E-state index in [0.29, 0.717) is 13.1 Å². The number of alkyl carbamates (subject to hydrolysis) is 2. The number of hydrogen-bond donors (Lipinski definition) is 4. The van der Waals surface area contributed by atoms with Crippen molar-refractivity contribution < 1.29 is 28.7 Å². The summed E-state index contributed by atoms with van der Waals surface area (Å²) in [6.45, 7) is 14.7. The highest BCUT2D eigenvalue weighted by Crippen LogP contribution is 2.48. The normalized spacial score (nSPS) is 21.1. The fourth-order valence-electron chi connectivity index (χ4n) is 4.52. The molecule has 0 bridgehead atoms. The molecule has 33 heavy (non-hydrogen) atoms. The van der Waals surface area contributed by atoms with Crippen LogP contribution < -0.4 is 21.3 Å². The molecule has 0 saturated heterocycles. The number of hydrogen-bond acceptors (Lipinski definition) is 6. The van der Waals surface area contributed by atoms with Gasteiger partial charge in [-0.1, -0.05) is 33.9 Å². The molecule has 4 amide bonds. The maximum atomic E-state index is 12.0. The molecule has 2 atom stereocenters. The quantitative estimate of drug-likeness (QED) is 0.256. The van der Waals surface area contributed by atoms with E-state index in [1.807, 2.05) is 0 Å². The first-order valence-corrected chi connectivity index (χ1v) is 11.1. The molecule has 10 nitrogen and oxygen atoms in total. The molecule has 0 spiro atoms. The Morgan fingerprint density at radius 1 is 0.848 bits per heavy atom. The largest absolute Gasteiger partial charge is 0.448 e. The monoisotopic (exact) mass is 466 g/mol. The van der Waals surface area contributed by atoms with E-state index >= 15 is 0 Å². The van der Waals surface area contributed by atoms with Crippen LogP contribution in [-0.4, -0.2) is 63.4 Å². The molecule has 186 valence electrons. The van der Waals surface area contributed by atoms with Gasteiger partial charge in [-0.15, -0.1) is 0 Å². The molecule has 0 radical (unpaired) electrons. The van der Waals surface area contributed by atoms with E-state index in [2.05, 4.69) is 55.2 Å². The minimum atomic E-state index is -0.533. The van der Waals surface area contributed by atoms with E-state index in [0.717, 1.165) is 31.4 Å². The fourth-order valence-corrected chi connectivity index (χ4v) is 4.52. The Labute approximate surface area is 195 Å². The summed E-state index contributed by atoms with van der Waals surface area (Å²) in [4.78, 5) is 46.1. The fraction of sp³-hybridized carbons (Fsp3) is 0.652. The molecule has 10 heteroatoms. The number of ether oxygens (including phenoxy) is 2. The molecule has 0 aromatic heterocycles. The van der Waals surface area contributed by atoms with Crippen molar-refractivity contribution in [3.63, 3.8) is 0 Å². The SMILES string of the molecule is C=CC(=O)NCCOC(=O)NCC1CC(C)(C)CC(C)(CNC(=O)OCCNC(=O)C=C)C1. The molecule has 1 aliphatic carbocycles. The van der Waals surface area contributed by atoms with Gasteiger partial charge < -0.3 is 30.7 Å². The van der Waals surface area contributed by atoms with Crippen molar-refractivity contribution in [1.82, 2.24) is 21.3 Å². The van der Waals surface area contributed by atoms with Crippen LogP contribution in [-0.2, 0) is 19.1 Å². The highest BCUT2D eigenvalue weighted by molar-refractivity contribution is 5.87. The second kappa shape index (κ2) is 13.5. The van der Waals surface area contributed by atoms with Crippen LogP contribution >= 0.6 is 0 Å². The predicted molar refractivity (Wildman–Crippen MR) is 124 cm³/mol. The van der Waals surface area contributed by atoms with Gasteiger partial charge in [0.1, 0.15) is 13.2 Å². The van der Waals surface area contributed by atoms with Gasteiger partial charge >= 0.3 is 12.2 Å². The lowest BCUT2D eigenvalue weighted by molar-refractivity contribution is -0.117. The van der Waals surface area contributed by atoms with E-state index in [-0.39, 0.29) is 54.9 Å². The van der Waals surface area contributed by atoms with Gasteiger partial charge in [0.25, 0.3) is 0 Å². The molecule has 2 unspecified atom stereocenters. The molecule has 0 aliphatic heterocycles. The lowest BCUT2D eigenvalue weighted by Crippen LogP contribution is -2.46. The van der Waals surface area contributed by atoms with Crippen LogP contribution in [0, 0.1) is 16.7 Å². The lowest BCUT2D eigenvalue weighted by Gasteiger charge is -2.46. The summed E-state index contributed by atoms with van der Waals surface area (Å²) in [5, 5.41) is 10.7. The molecule has 1 rings (SSSR count). The molecule has 0 heterocycles. The van der Waals surface area contributed by atoms with Crippen molar-refractivity contribution >= 4 is 24.0 Å². The van der Waals surface area contributed by atoms with E-state index in [1.165, 1.54) is 0 Å². The van der Waals surface area contributed by atoms with Crippen molar-refractivity contribution in [3.8, 4) is 0 Å². The van der Waals surface area contributed by atoms with Crippen LogP contribution in [0.25, 0.3) is 0 Å². The van der Waals surface area contributed by atoms with Gasteiger partial charge in [0.15, 0.2) is 0 Å². The summed E-state index contributed by atoms with van der Waals surface area (Å²) in [6.07, 6.45) is 3.92. The summed E-state index contributed by atoms with van der Waals surface area (Å²) in [7, 11) is 0. The molecule has 1 fully saturated rings. The Bertz CT molecular complexity index is 724. The average Bonchev–Trinajstić information content (AvgIpc) is 2.75. The molecule has 0 aromatic rings. The van der Waals surface area contributed by atoms with Crippen LogP contribution in [0.4, 0.5) is 9.59 Å². The standard InChI is InChI=1S/C23H38N4O6/c1-6-18(28)24-8-10-32-20(30)26-14-17-12-22(3,4)15-23(5,13-17)16-27-21(31)33-11-9-25-19(29)7-2/h6-7,17H,1-2,8-16H2,3-5H3,(H,24,28)(H,25,29)(H,26,30)(H,27,31). The Balaban J connectivity index is 2.41. The Morgan fingerprint density at radius 2 is 1.36 bits per heavy atom. The third kappa shape index (κ3) is 12.0. The molecule has 1 saturated carbocycles. The minimum absolute atomic E-state index is 0.0405. The number of nitrogens with one attached hydrogen (secondary N) is 4. The van der Waals surface area contributed by atoms with E-state index < -0.39 is 12.2 Å². The Hall–Kier alpha value is -3.04. The van der Waals surface area contributed by atoms with E-state index in [1.54, 1.807) is 0 Å². The summed E-state index contributed by atoms with van der Waals surface area (Å²) in [6, 6.07) is 0. The van der Waals surface area contributed by atoms with Crippen LogP contribution in [0.2, 0.25) is 0 Å². The predicted octanol–water partition coefficient (Wildman–Crippen LogP) is 1.88. The molecule has 4 N–H and O–H groups in total. The number of amides is 4. The minimum Gasteiger partial charge on any atom is -0.448 e. The highest BCUT2D eigenvalue weighted by Gasteiger charge is 2.41. The van der Waals surface area contributed by atoms with Gasteiger partial charge in [-0.2, -0.15) is 0 Å². The second-order valence-electron chi connectivity index (χ2n) is 9.42. The third-order valence-corrected chi connectivity index (χ3v) is 5.36. The van der Waals surface area contributed by atoms with Crippen molar-refractivity contribution in [3.05, 3.63) is 25.3 Å². The highest BCUT2D eigenvalue weighted by atomic mass is 16.6. The van der Waals surface area contributed by atoms with Crippen molar-refractivity contribution in [2.24, 2.45) is 16.7 Å². The molecule has 0 aromatic carbocycles. The van der Waals surface area contributed by atoms with Gasteiger partial charge in [-0.25, -0.2) is 9.59 Å². The summed E-state index contributed by atoms with van der Waals surface area (Å²) < 4.78 is 10.2.